The standard InChI is InChI=1S/C18H12BrNO2/c19-15-10-18-17(21-11-22-18)9-13(15)6-8-14-7-5-12-3-1-2-4-16(12)20-14/h1-10H,11H2/b8-6-. The molecule has 108 valence electrons. The Labute approximate surface area is 136 Å². The predicted molar refractivity (Wildman–Crippen MR) is 90.9 cm³/mol. The second-order valence-electron chi connectivity index (χ2n) is 4.99. The molecule has 0 aliphatic carbocycles. The number of para-hydroxylation sites is 1. The molecule has 0 saturated carbocycles. The number of rotatable bonds is 2. The molecule has 0 amide bonds. The molecule has 1 aliphatic heterocycles. The number of pyridine rings is 1. The third-order valence-corrected chi connectivity index (χ3v) is 4.23. The first-order valence-corrected chi connectivity index (χ1v) is 7.72. The molecule has 0 atom stereocenters. The first-order chi connectivity index (χ1) is 10.8. The van der Waals surface area contributed by atoms with E-state index in [9.17, 15) is 0 Å². The second kappa shape index (κ2) is 5.46. The predicted octanol–water partition coefficient (Wildman–Crippen LogP) is 4.90. The highest BCUT2D eigenvalue weighted by Crippen LogP contribution is 2.37. The monoisotopic (exact) mass is 353 g/mol. The summed E-state index contributed by atoms with van der Waals surface area (Å²) in [5, 5.41) is 1.14. The SMILES string of the molecule is Brc1cc2c(cc1/C=C\c1ccc3ccccc3n1)OCO2. The molecule has 2 aromatic carbocycles. The van der Waals surface area contributed by atoms with Crippen molar-refractivity contribution >= 4 is 39.0 Å². The van der Waals surface area contributed by atoms with Gasteiger partial charge in [0.25, 0.3) is 0 Å². The number of hydrogen-bond donors (Lipinski definition) is 0. The number of ether oxygens (including phenoxy) is 2. The third-order valence-electron chi connectivity index (χ3n) is 3.55. The van der Waals surface area contributed by atoms with Crippen molar-refractivity contribution in [1.29, 1.82) is 0 Å². The summed E-state index contributed by atoms with van der Waals surface area (Å²) in [7, 11) is 0. The van der Waals surface area contributed by atoms with Crippen LogP contribution in [0.1, 0.15) is 11.3 Å². The number of hydrogen-bond acceptors (Lipinski definition) is 3. The van der Waals surface area contributed by atoms with Crippen molar-refractivity contribution < 1.29 is 9.47 Å². The number of benzene rings is 2. The van der Waals surface area contributed by atoms with Gasteiger partial charge < -0.3 is 9.47 Å². The fourth-order valence-corrected chi connectivity index (χ4v) is 2.86. The highest BCUT2D eigenvalue weighted by molar-refractivity contribution is 9.10. The molecule has 0 fully saturated rings. The lowest BCUT2D eigenvalue weighted by Crippen LogP contribution is -1.92. The van der Waals surface area contributed by atoms with Gasteiger partial charge in [-0.25, -0.2) is 4.98 Å². The van der Waals surface area contributed by atoms with Crippen molar-refractivity contribution in [2.45, 2.75) is 0 Å². The van der Waals surface area contributed by atoms with Crippen LogP contribution < -0.4 is 9.47 Å². The molecular formula is C18H12BrNO2. The highest BCUT2D eigenvalue weighted by atomic mass is 79.9. The van der Waals surface area contributed by atoms with Crippen LogP contribution in [0.4, 0.5) is 0 Å². The van der Waals surface area contributed by atoms with Crippen LogP contribution in [0.2, 0.25) is 0 Å². The van der Waals surface area contributed by atoms with Crippen molar-refractivity contribution in [3.63, 3.8) is 0 Å². The largest absolute Gasteiger partial charge is 0.454 e. The van der Waals surface area contributed by atoms with Gasteiger partial charge in [-0.05, 0) is 35.9 Å². The molecular weight excluding hydrogens is 342 g/mol. The van der Waals surface area contributed by atoms with Gasteiger partial charge >= 0.3 is 0 Å². The molecule has 0 unspecified atom stereocenters. The Balaban J connectivity index is 1.68. The Morgan fingerprint density at radius 2 is 1.77 bits per heavy atom. The van der Waals surface area contributed by atoms with E-state index >= 15 is 0 Å². The van der Waals surface area contributed by atoms with Crippen LogP contribution in [0.3, 0.4) is 0 Å². The highest BCUT2D eigenvalue weighted by Gasteiger charge is 2.15. The van der Waals surface area contributed by atoms with Crippen molar-refractivity contribution in [2.24, 2.45) is 0 Å². The van der Waals surface area contributed by atoms with Crippen LogP contribution in [0, 0.1) is 0 Å². The van der Waals surface area contributed by atoms with Crippen LogP contribution in [0.15, 0.2) is 53.0 Å². The minimum absolute atomic E-state index is 0.279. The van der Waals surface area contributed by atoms with Gasteiger partial charge in [-0.15, -0.1) is 0 Å². The van der Waals surface area contributed by atoms with E-state index in [1.54, 1.807) is 0 Å². The van der Waals surface area contributed by atoms with E-state index in [-0.39, 0.29) is 6.79 Å². The summed E-state index contributed by atoms with van der Waals surface area (Å²) < 4.78 is 11.7. The zero-order chi connectivity index (χ0) is 14.9. The summed E-state index contributed by atoms with van der Waals surface area (Å²) in [5.74, 6) is 1.54. The maximum atomic E-state index is 5.41. The van der Waals surface area contributed by atoms with Crippen LogP contribution >= 0.6 is 15.9 Å². The minimum atomic E-state index is 0.279. The Hall–Kier alpha value is -2.33. The normalized spacial score (nSPS) is 13.1. The van der Waals surface area contributed by atoms with E-state index in [1.165, 1.54) is 0 Å². The van der Waals surface area contributed by atoms with Gasteiger partial charge in [0.1, 0.15) is 0 Å². The summed E-state index contributed by atoms with van der Waals surface area (Å²) in [6.07, 6.45) is 4.01. The van der Waals surface area contributed by atoms with Crippen LogP contribution in [-0.4, -0.2) is 11.8 Å². The van der Waals surface area contributed by atoms with Crippen molar-refractivity contribution in [2.75, 3.05) is 6.79 Å². The molecule has 0 saturated heterocycles. The molecule has 0 spiro atoms. The first-order valence-electron chi connectivity index (χ1n) is 6.93. The molecule has 1 aliphatic rings. The average molecular weight is 354 g/mol. The lowest BCUT2D eigenvalue weighted by molar-refractivity contribution is 0.174. The molecule has 4 heteroatoms. The summed E-state index contributed by atoms with van der Waals surface area (Å²) in [5.41, 5.74) is 2.94. The van der Waals surface area contributed by atoms with Gasteiger partial charge in [-0.3, -0.25) is 0 Å². The van der Waals surface area contributed by atoms with E-state index in [2.05, 4.69) is 33.0 Å². The summed E-state index contributed by atoms with van der Waals surface area (Å²) >= 11 is 3.56. The fraction of sp³-hybridized carbons (Fsp3) is 0.0556. The quantitative estimate of drug-likeness (QED) is 0.656. The molecule has 4 rings (SSSR count). The van der Waals surface area contributed by atoms with Crippen LogP contribution in [0.25, 0.3) is 23.1 Å². The fourth-order valence-electron chi connectivity index (χ4n) is 2.41. The smallest absolute Gasteiger partial charge is 0.231 e. The zero-order valence-corrected chi connectivity index (χ0v) is 13.2. The van der Waals surface area contributed by atoms with Crippen molar-refractivity contribution in [3.8, 4) is 11.5 Å². The zero-order valence-electron chi connectivity index (χ0n) is 11.6. The lowest BCUT2D eigenvalue weighted by atomic mass is 10.1. The van der Waals surface area contributed by atoms with E-state index in [0.717, 1.165) is 38.1 Å². The molecule has 0 radical (unpaired) electrons. The van der Waals surface area contributed by atoms with Gasteiger partial charge in [0.15, 0.2) is 11.5 Å². The molecule has 1 aromatic heterocycles. The number of nitrogens with zero attached hydrogens (tertiary/aromatic N) is 1. The minimum Gasteiger partial charge on any atom is -0.454 e. The average Bonchev–Trinajstić information content (AvgIpc) is 2.99. The van der Waals surface area contributed by atoms with Gasteiger partial charge in [0, 0.05) is 9.86 Å². The maximum Gasteiger partial charge on any atom is 0.231 e. The van der Waals surface area contributed by atoms with Crippen molar-refractivity contribution in [3.05, 3.63) is 64.3 Å². The Bertz CT molecular complexity index is 889. The summed E-state index contributed by atoms with van der Waals surface area (Å²) in [6, 6.07) is 16.1. The van der Waals surface area contributed by atoms with Gasteiger partial charge in [0.05, 0.1) is 11.2 Å². The third kappa shape index (κ3) is 2.46. The van der Waals surface area contributed by atoms with Gasteiger partial charge in [-0.2, -0.15) is 0 Å². The van der Waals surface area contributed by atoms with Crippen LogP contribution in [-0.2, 0) is 0 Å². The van der Waals surface area contributed by atoms with E-state index in [4.69, 9.17) is 9.47 Å². The van der Waals surface area contributed by atoms with Crippen LogP contribution in [0.5, 0.6) is 11.5 Å². The van der Waals surface area contributed by atoms with Crippen molar-refractivity contribution in [1.82, 2.24) is 4.98 Å². The lowest BCUT2D eigenvalue weighted by Gasteiger charge is -2.02. The second-order valence-corrected chi connectivity index (χ2v) is 5.84. The maximum absolute atomic E-state index is 5.41. The Morgan fingerprint density at radius 1 is 0.955 bits per heavy atom. The molecule has 22 heavy (non-hydrogen) atoms. The molecule has 3 aromatic rings. The Kier molecular flexibility index (Phi) is 3.31. The topological polar surface area (TPSA) is 31.4 Å². The molecule has 2 heterocycles. The molecule has 0 N–H and O–H groups in total. The molecule has 0 bridgehead atoms. The van der Waals surface area contributed by atoms with E-state index in [0.29, 0.717) is 0 Å². The molecule has 3 nitrogen and oxygen atoms in total. The number of fused-ring (bicyclic) bond motifs is 2. The van der Waals surface area contributed by atoms with Gasteiger partial charge in [0.2, 0.25) is 6.79 Å². The Morgan fingerprint density at radius 3 is 2.68 bits per heavy atom. The summed E-state index contributed by atoms with van der Waals surface area (Å²) in [6.45, 7) is 0.279. The first kappa shape index (κ1) is 13.3. The van der Waals surface area contributed by atoms with E-state index < -0.39 is 0 Å². The van der Waals surface area contributed by atoms with Gasteiger partial charge in [-0.1, -0.05) is 46.3 Å². The number of aromatic nitrogens is 1. The van der Waals surface area contributed by atoms with E-state index in [1.807, 2.05) is 48.6 Å². The number of halogens is 1. The summed E-state index contributed by atoms with van der Waals surface area (Å²) in [4.78, 5) is 4.63.